The van der Waals surface area contributed by atoms with Gasteiger partial charge in [-0.2, -0.15) is 13.2 Å². The van der Waals surface area contributed by atoms with Crippen molar-refractivity contribution < 1.29 is 22.8 Å². The fraction of sp³-hybridized carbons (Fsp3) is 0.130. The van der Waals surface area contributed by atoms with Crippen LogP contribution in [0.4, 0.5) is 30.4 Å². The van der Waals surface area contributed by atoms with E-state index in [-0.39, 0.29) is 11.3 Å². The molecule has 11 heteroatoms. The van der Waals surface area contributed by atoms with Gasteiger partial charge in [-0.05, 0) is 42.8 Å². The number of halogens is 3. The molecule has 7 nitrogen and oxygen atoms in total. The summed E-state index contributed by atoms with van der Waals surface area (Å²) >= 11 is 1.33. The molecule has 0 bridgehead atoms. The van der Waals surface area contributed by atoms with E-state index in [1.165, 1.54) is 41.9 Å². The Morgan fingerprint density at radius 1 is 1.00 bits per heavy atom. The molecule has 4 rings (SSSR count). The molecule has 0 aliphatic carbocycles. The predicted molar refractivity (Wildman–Crippen MR) is 125 cm³/mol. The van der Waals surface area contributed by atoms with E-state index >= 15 is 0 Å². The van der Waals surface area contributed by atoms with Crippen LogP contribution in [0.25, 0.3) is 10.2 Å². The van der Waals surface area contributed by atoms with E-state index in [0.29, 0.717) is 28.1 Å². The summed E-state index contributed by atoms with van der Waals surface area (Å²) in [5.74, 6) is -0.411. The van der Waals surface area contributed by atoms with E-state index in [4.69, 9.17) is 0 Å². The number of nitrogens with zero attached hydrogens (tertiary/aromatic N) is 2. The van der Waals surface area contributed by atoms with E-state index in [2.05, 4.69) is 25.9 Å². The molecule has 2 amide bonds. The normalized spacial score (nSPS) is 11.3. The molecular weight excluding hydrogens is 467 g/mol. The van der Waals surface area contributed by atoms with Crippen molar-refractivity contribution in [2.24, 2.45) is 0 Å². The van der Waals surface area contributed by atoms with Crippen molar-refractivity contribution in [2.45, 2.75) is 13.1 Å². The Balaban J connectivity index is 1.56. The van der Waals surface area contributed by atoms with Crippen molar-refractivity contribution >= 4 is 50.6 Å². The number of carbonyl (C=O) groups is 2. The zero-order valence-electron chi connectivity index (χ0n) is 17.9. The van der Waals surface area contributed by atoms with E-state index in [9.17, 15) is 22.8 Å². The van der Waals surface area contributed by atoms with Gasteiger partial charge in [-0.3, -0.25) is 9.59 Å². The number of alkyl halides is 3. The van der Waals surface area contributed by atoms with E-state index < -0.39 is 23.6 Å². The molecule has 0 radical (unpaired) electrons. The summed E-state index contributed by atoms with van der Waals surface area (Å²) in [5, 5.41) is 9.88. The summed E-state index contributed by atoms with van der Waals surface area (Å²) in [4.78, 5) is 34.0. The highest BCUT2D eigenvalue weighted by molar-refractivity contribution is 7.18. The van der Waals surface area contributed by atoms with Crippen LogP contribution in [0.2, 0.25) is 0 Å². The number of rotatable bonds is 5. The molecule has 2 aromatic carbocycles. The Kier molecular flexibility index (Phi) is 6.20. The first-order chi connectivity index (χ1) is 16.2. The Labute approximate surface area is 196 Å². The SMILES string of the molecule is CNc1ncnc2c(C(=O)Nc3cc(C(=O)Nc4cccc(C(F)(F)F)c4)ccc3C)csc12. The van der Waals surface area contributed by atoms with Crippen LogP contribution in [0.5, 0.6) is 0 Å². The van der Waals surface area contributed by atoms with Crippen LogP contribution in [0.1, 0.15) is 31.8 Å². The summed E-state index contributed by atoms with van der Waals surface area (Å²) in [6, 6.07) is 9.01. The predicted octanol–water partition coefficient (Wildman–Crippen LogP) is 5.56. The number of amides is 2. The van der Waals surface area contributed by atoms with Gasteiger partial charge >= 0.3 is 6.18 Å². The largest absolute Gasteiger partial charge is 0.416 e. The average Bonchev–Trinajstić information content (AvgIpc) is 3.24. The molecule has 0 aliphatic rings. The number of benzene rings is 2. The van der Waals surface area contributed by atoms with Crippen LogP contribution >= 0.6 is 11.3 Å². The van der Waals surface area contributed by atoms with Gasteiger partial charge in [-0.1, -0.05) is 12.1 Å². The van der Waals surface area contributed by atoms with Crippen molar-refractivity contribution in [1.29, 1.82) is 0 Å². The Morgan fingerprint density at radius 3 is 2.53 bits per heavy atom. The molecular formula is C23H18F3N5O2S. The lowest BCUT2D eigenvalue weighted by molar-refractivity contribution is -0.137. The third-order valence-electron chi connectivity index (χ3n) is 5.03. The number of fused-ring (bicyclic) bond motifs is 1. The fourth-order valence-corrected chi connectivity index (χ4v) is 4.25. The Bertz CT molecular complexity index is 1400. The minimum atomic E-state index is -4.52. The number of anilines is 3. The van der Waals surface area contributed by atoms with Gasteiger partial charge in [0.2, 0.25) is 0 Å². The third-order valence-corrected chi connectivity index (χ3v) is 6.01. The van der Waals surface area contributed by atoms with Crippen molar-refractivity contribution in [3.8, 4) is 0 Å². The highest BCUT2D eigenvalue weighted by Gasteiger charge is 2.30. The molecule has 0 atom stereocenters. The van der Waals surface area contributed by atoms with Gasteiger partial charge in [0.15, 0.2) is 0 Å². The van der Waals surface area contributed by atoms with Gasteiger partial charge in [0.25, 0.3) is 11.8 Å². The number of aromatic nitrogens is 2. The lowest BCUT2D eigenvalue weighted by Gasteiger charge is -2.12. The minimum Gasteiger partial charge on any atom is -0.372 e. The molecule has 0 saturated heterocycles. The first-order valence-electron chi connectivity index (χ1n) is 9.98. The molecule has 0 fully saturated rings. The molecule has 3 N–H and O–H groups in total. The van der Waals surface area contributed by atoms with Gasteiger partial charge in [-0.15, -0.1) is 11.3 Å². The molecule has 2 heterocycles. The number of hydrogen-bond acceptors (Lipinski definition) is 6. The summed E-state index contributed by atoms with van der Waals surface area (Å²) in [5.41, 5.74) is 1.27. The second-order valence-corrected chi connectivity index (χ2v) is 8.20. The molecule has 2 aromatic heterocycles. The number of aryl methyl sites for hydroxylation is 1. The molecule has 0 spiro atoms. The topological polar surface area (TPSA) is 96.0 Å². The lowest BCUT2D eigenvalue weighted by Crippen LogP contribution is -2.16. The number of thiophene rings is 1. The molecule has 174 valence electrons. The fourth-order valence-electron chi connectivity index (χ4n) is 3.25. The van der Waals surface area contributed by atoms with Crippen molar-refractivity contribution in [3.05, 3.63) is 76.4 Å². The molecule has 34 heavy (non-hydrogen) atoms. The van der Waals surface area contributed by atoms with Crippen LogP contribution in [-0.4, -0.2) is 28.8 Å². The van der Waals surface area contributed by atoms with Crippen molar-refractivity contribution in [3.63, 3.8) is 0 Å². The molecule has 4 aromatic rings. The van der Waals surface area contributed by atoms with Gasteiger partial charge < -0.3 is 16.0 Å². The van der Waals surface area contributed by atoms with Gasteiger partial charge in [-0.25, -0.2) is 9.97 Å². The van der Waals surface area contributed by atoms with E-state index in [1.54, 1.807) is 25.4 Å². The average molecular weight is 485 g/mol. The summed E-state index contributed by atoms with van der Waals surface area (Å²) in [7, 11) is 1.72. The third kappa shape index (κ3) is 4.69. The smallest absolute Gasteiger partial charge is 0.372 e. The number of hydrogen-bond donors (Lipinski definition) is 3. The van der Waals surface area contributed by atoms with Gasteiger partial charge in [0, 0.05) is 29.4 Å². The molecule has 0 unspecified atom stereocenters. The van der Waals surface area contributed by atoms with Crippen LogP contribution in [0.3, 0.4) is 0 Å². The summed E-state index contributed by atoms with van der Waals surface area (Å²) < 4.78 is 39.6. The van der Waals surface area contributed by atoms with Crippen LogP contribution in [0, 0.1) is 6.92 Å². The first kappa shape index (κ1) is 23.2. The maximum Gasteiger partial charge on any atom is 0.416 e. The second-order valence-electron chi connectivity index (χ2n) is 7.32. The van der Waals surface area contributed by atoms with E-state index in [1.807, 2.05) is 0 Å². The van der Waals surface area contributed by atoms with Crippen LogP contribution in [-0.2, 0) is 6.18 Å². The number of carbonyl (C=O) groups excluding carboxylic acids is 2. The Hall–Kier alpha value is -3.99. The quantitative estimate of drug-likeness (QED) is 0.344. The maximum absolute atomic E-state index is 13.0. The minimum absolute atomic E-state index is 0.00995. The van der Waals surface area contributed by atoms with Gasteiger partial charge in [0.05, 0.1) is 21.3 Å². The van der Waals surface area contributed by atoms with Crippen LogP contribution in [0.15, 0.2) is 54.2 Å². The molecule has 0 saturated carbocycles. The molecule has 0 aliphatic heterocycles. The number of nitrogens with one attached hydrogen (secondary N) is 3. The Morgan fingerprint density at radius 2 is 1.79 bits per heavy atom. The lowest BCUT2D eigenvalue weighted by atomic mass is 10.1. The van der Waals surface area contributed by atoms with Crippen molar-refractivity contribution in [1.82, 2.24) is 9.97 Å². The van der Waals surface area contributed by atoms with Crippen molar-refractivity contribution in [2.75, 3.05) is 23.0 Å². The standard InChI is InChI=1S/C23H18F3N5O2S/c1-12-6-7-13(21(32)30-15-5-3-4-14(9-15)23(24,25)26)8-17(12)31-22(33)16-10-34-19-18(16)28-11-29-20(19)27-2/h3-11H,1-2H3,(H,30,32)(H,31,33)(H,27,28,29). The maximum atomic E-state index is 13.0. The zero-order valence-corrected chi connectivity index (χ0v) is 18.8. The second kappa shape index (κ2) is 9.10. The van der Waals surface area contributed by atoms with E-state index in [0.717, 1.165) is 16.8 Å². The highest BCUT2D eigenvalue weighted by Crippen LogP contribution is 2.31. The summed E-state index contributed by atoms with van der Waals surface area (Å²) in [6.07, 6.45) is -3.16. The monoisotopic (exact) mass is 485 g/mol. The highest BCUT2D eigenvalue weighted by atomic mass is 32.1. The van der Waals surface area contributed by atoms with Crippen LogP contribution < -0.4 is 16.0 Å². The zero-order chi connectivity index (χ0) is 24.5. The van der Waals surface area contributed by atoms with Gasteiger partial charge in [0.1, 0.15) is 12.1 Å². The first-order valence-corrected chi connectivity index (χ1v) is 10.9. The summed E-state index contributed by atoms with van der Waals surface area (Å²) in [6.45, 7) is 1.76.